The van der Waals surface area contributed by atoms with Gasteiger partial charge in [0, 0.05) is 36.2 Å². The molecule has 0 aliphatic heterocycles. The first-order valence-electron chi connectivity index (χ1n) is 8.72. The van der Waals surface area contributed by atoms with E-state index in [0.717, 1.165) is 36.4 Å². The standard InChI is InChI=1S/C18H29BrN4OS.HI/c1-3-20-18(22-11-4-5-14-25-2)23-13-6-12-21-17(24)15-7-9-16(19)10-8-15;/h7-10H,3-6,11-14H2,1-2H3,(H,21,24)(H2,20,22,23);1H. The fourth-order valence-electron chi connectivity index (χ4n) is 2.10. The summed E-state index contributed by atoms with van der Waals surface area (Å²) in [6.07, 6.45) is 5.31. The minimum absolute atomic E-state index is 0. The number of hydrogen-bond acceptors (Lipinski definition) is 3. The summed E-state index contributed by atoms with van der Waals surface area (Å²) in [6.45, 7) is 5.14. The Morgan fingerprint density at radius 2 is 1.77 bits per heavy atom. The van der Waals surface area contributed by atoms with Crippen LogP contribution in [0, 0.1) is 0 Å². The number of nitrogens with zero attached hydrogens (tertiary/aromatic N) is 1. The predicted octanol–water partition coefficient (Wildman–Crippen LogP) is 3.89. The van der Waals surface area contributed by atoms with Crippen molar-refractivity contribution in [3.05, 3.63) is 34.3 Å². The van der Waals surface area contributed by atoms with Crippen LogP contribution in [-0.2, 0) is 0 Å². The Balaban J connectivity index is 0.00000625. The van der Waals surface area contributed by atoms with Crippen molar-refractivity contribution in [2.24, 2.45) is 4.99 Å². The first kappa shape index (κ1) is 25.5. The molecule has 0 heterocycles. The van der Waals surface area contributed by atoms with Crippen LogP contribution in [0.25, 0.3) is 0 Å². The highest BCUT2D eigenvalue weighted by atomic mass is 127. The number of rotatable bonds is 11. The Hall–Kier alpha value is -0.480. The predicted molar refractivity (Wildman–Crippen MR) is 128 cm³/mol. The van der Waals surface area contributed by atoms with Crippen LogP contribution in [0.1, 0.15) is 36.5 Å². The van der Waals surface area contributed by atoms with Gasteiger partial charge in [0.1, 0.15) is 0 Å². The number of thioether (sulfide) groups is 1. The molecule has 0 aliphatic carbocycles. The molecule has 8 heteroatoms. The van der Waals surface area contributed by atoms with Gasteiger partial charge in [-0.25, -0.2) is 0 Å². The molecule has 0 saturated heterocycles. The van der Waals surface area contributed by atoms with Crippen molar-refractivity contribution in [2.75, 3.05) is 38.2 Å². The Kier molecular flexibility index (Phi) is 16.4. The molecule has 148 valence electrons. The fraction of sp³-hybridized carbons (Fsp3) is 0.556. The van der Waals surface area contributed by atoms with Crippen LogP contribution in [0.5, 0.6) is 0 Å². The third-order valence-corrected chi connectivity index (χ3v) is 4.63. The van der Waals surface area contributed by atoms with Crippen LogP contribution >= 0.6 is 51.7 Å². The van der Waals surface area contributed by atoms with E-state index in [4.69, 9.17) is 0 Å². The van der Waals surface area contributed by atoms with Crippen LogP contribution in [-0.4, -0.2) is 50.1 Å². The molecule has 1 rings (SSSR count). The minimum atomic E-state index is -0.0460. The second-order valence-electron chi connectivity index (χ2n) is 5.50. The van der Waals surface area contributed by atoms with E-state index in [1.165, 1.54) is 12.2 Å². The fourth-order valence-corrected chi connectivity index (χ4v) is 2.85. The Morgan fingerprint density at radius 3 is 2.42 bits per heavy atom. The number of guanidine groups is 1. The number of benzene rings is 1. The highest BCUT2D eigenvalue weighted by Crippen LogP contribution is 2.10. The average Bonchev–Trinajstić information content (AvgIpc) is 2.61. The van der Waals surface area contributed by atoms with Gasteiger partial charge in [0.2, 0.25) is 0 Å². The van der Waals surface area contributed by atoms with Gasteiger partial charge in [0.25, 0.3) is 5.91 Å². The molecule has 1 amide bonds. The number of aliphatic imine (C=N–C) groups is 1. The summed E-state index contributed by atoms with van der Waals surface area (Å²) in [5.74, 6) is 2.01. The van der Waals surface area contributed by atoms with E-state index in [-0.39, 0.29) is 29.9 Å². The van der Waals surface area contributed by atoms with Crippen LogP contribution in [0.4, 0.5) is 0 Å². The number of nitrogens with one attached hydrogen (secondary N) is 3. The van der Waals surface area contributed by atoms with Gasteiger partial charge in [-0.3, -0.25) is 9.79 Å². The molecule has 5 nitrogen and oxygen atoms in total. The van der Waals surface area contributed by atoms with Crippen LogP contribution in [0.2, 0.25) is 0 Å². The number of hydrogen-bond donors (Lipinski definition) is 3. The van der Waals surface area contributed by atoms with E-state index < -0.39 is 0 Å². The number of halogens is 2. The van der Waals surface area contributed by atoms with Crippen LogP contribution in [0.15, 0.2) is 33.7 Å². The molecule has 3 N–H and O–H groups in total. The van der Waals surface area contributed by atoms with Gasteiger partial charge >= 0.3 is 0 Å². The molecule has 0 bridgehead atoms. The zero-order valence-corrected chi connectivity index (χ0v) is 20.2. The maximum absolute atomic E-state index is 12.0. The molecule has 0 radical (unpaired) electrons. The molecule has 0 spiro atoms. The highest BCUT2D eigenvalue weighted by Gasteiger charge is 2.03. The van der Waals surface area contributed by atoms with Crippen molar-refractivity contribution < 1.29 is 4.79 Å². The van der Waals surface area contributed by atoms with Crippen molar-refractivity contribution in [3.63, 3.8) is 0 Å². The Morgan fingerprint density at radius 1 is 1.08 bits per heavy atom. The number of carbonyl (C=O) groups is 1. The second kappa shape index (κ2) is 16.7. The van der Waals surface area contributed by atoms with Gasteiger partial charge in [0.05, 0.1) is 0 Å². The van der Waals surface area contributed by atoms with Gasteiger partial charge in [-0.1, -0.05) is 15.9 Å². The molecule has 0 atom stereocenters. The minimum Gasteiger partial charge on any atom is -0.357 e. The summed E-state index contributed by atoms with van der Waals surface area (Å²) in [4.78, 5) is 16.5. The molecular formula is C18H30BrIN4OS. The smallest absolute Gasteiger partial charge is 0.251 e. The van der Waals surface area contributed by atoms with E-state index in [1.807, 2.05) is 36.0 Å². The van der Waals surface area contributed by atoms with E-state index >= 15 is 0 Å². The number of unbranched alkanes of at least 4 members (excludes halogenated alkanes) is 1. The highest BCUT2D eigenvalue weighted by molar-refractivity contribution is 14.0. The lowest BCUT2D eigenvalue weighted by molar-refractivity contribution is 0.0953. The zero-order valence-electron chi connectivity index (χ0n) is 15.5. The van der Waals surface area contributed by atoms with Crippen LogP contribution in [0.3, 0.4) is 0 Å². The summed E-state index contributed by atoms with van der Waals surface area (Å²) in [6, 6.07) is 7.35. The molecule has 0 aromatic heterocycles. The Bertz CT molecular complexity index is 528. The molecule has 0 unspecified atom stereocenters. The normalized spacial score (nSPS) is 10.8. The van der Waals surface area contributed by atoms with Gasteiger partial charge < -0.3 is 16.0 Å². The average molecular weight is 557 g/mol. The molecule has 0 fully saturated rings. The molecule has 26 heavy (non-hydrogen) atoms. The van der Waals surface area contributed by atoms with Crippen molar-refractivity contribution in [3.8, 4) is 0 Å². The van der Waals surface area contributed by atoms with Crippen molar-refractivity contribution in [1.82, 2.24) is 16.0 Å². The maximum atomic E-state index is 12.0. The Labute approximate surface area is 187 Å². The largest absolute Gasteiger partial charge is 0.357 e. The van der Waals surface area contributed by atoms with Gasteiger partial charge in [0.15, 0.2) is 5.96 Å². The third kappa shape index (κ3) is 12.0. The second-order valence-corrected chi connectivity index (χ2v) is 7.40. The lowest BCUT2D eigenvalue weighted by Gasteiger charge is -2.11. The van der Waals surface area contributed by atoms with Crippen molar-refractivity contribution >= 4 is 63.5 Å². The van der Waals surface area contributed by atoms with Crippen LogP contribution < -0.4 is 16.0 Å². The summed E-state index contributed by atoms with van der Waals surface area (Å²) < 4.78 is 0.968. The molecule has 0 saturated carbocycles. The zero-order chi connectivity index (χ0) is 18.3. The third-order valence-electron chi connectivity index (χ3n) is 3.41. The van der Waals surface area contributed by atoms with E-state index in [1.54, 1.807) is 0 Å². The first-order valence-corrected chi connectivity index (χ1v) is 10.9. The lowest BCUT2D eigenvalue weighted by atomic mass is 10.2. The molecule has 0 aliphatic rings. The van der Waals surface area contributed by atoms with Gasteiger partial charge in [-0.15, -0.1) is 24.0 Å². The van der Waals surface area contributed by atoms with Crippen molar-refractivity contribution in [2.45, 2.75) is 26.2 Å². The summed E-state index contributed by atoms with van der Waals surface area (Å²) >= 11 is 5.25. The van der Waals surface area contributed by atoms with Crippen molar-refractivity contribution in [1.29, 1.82) is 0 Å². The number of amides is 1. The number of carbonyl (C=O) groups excluding carboxylic acids is 1. The molecule has 1 aromatic rings. The topological polar surface area (TPSA) is 65.5 Å². The van der Waals surface area contributed by atoms with Gasteiger partial charge in [-0.05, 0) is 62.5 Å². The SMILES string of the molecule is CCNC(=NCCCNC(=O)c1ccc(Br)cc1)NCCCCSC.I. The maximum Gasteiger partial charge on any atom is 0.251 e. The van der Waals surface area contributed by atoms with E-state index in [0.29, 0.717) is 18.7 Å². The van der Waals surface area contributed by atoms with E-state index in [2.05, 4.69) is 50.1 Å². The summed E-state index contributed by atoms with van der Waals surface area (Å²) in [5.41, 5.74) is 0.673. The summed E-state index contributed by atoms with van der Waals surface area (Å²) in [7, 11) is 0. The quantitative estimate of drug-likeness (QED) is 0.167. The lowest BCUT2D eigenvalue weighted by Crippen LogP contribution is -2.38. The molecular weight excluding hydrogens is 527 g/mol. The molecule has 1 aromatic carbocycles. The first-order chi connectivity index (χ1) is 12.2. The summed E-state index contributed by atoms with van der Waals surface area (Å²) in [5, 5.41) is 9.52. The monoisotopic (exact) mass is 556 g/mol. The van der Waals surface area contributed by atoms with E-state index in [9.17, 15) is 4.79 Å². The van der Waals surface area contributed by atoms with Gasteiger partial charge in [-0.2, -0.15) is 11.8 Å².